The molecule has 350 valence electrons. The van der Waals surface area contributed by atoms with Crippen molar-refractivity contribution in [2.75, 3.05) is 14.4 Å². The molecule has 16 rings (SSSR count). The summed E-state index contributed by atoms with van der Waals surface area (Å²) < 4.78 is 3.61. The number of hydrogen-bond donors (Lipinski definition) is 0. The van der Waals surface area contributed by atoms with Crippen LogP contribution >= 0.6 is 11.3 Å². The molecule has 0 spiro atoms. The van der Waals surface area contributed by atoms with Crippen LogP contribution in [0.5, 0.6) is 0 Å². The number of benzene rings is 10. The maximum atomic E-state index is 5.76. The molecule has 7 nitrogen and oxygen atoms in total. The summed E-state index contributed by atoms with van der Waals surface area (Å²) in [5.41, 5.74) is 17.6. The van der Waals surface area contributed by atoms with E-state index in [0.29, 0.717) is 5.95 Å². The smallest absolute Gasteiger partial charge is 0.343 e. The van der Waals surface area contributed by atoms with E-state index in [9.17, 15) is 0 Å². The highest BCUT2D eigenvalue weighted by atomic mass is 32.1. The van der Waals surface area contributed by atoms with Crippen molar-refractivity contribution < 1.29 is 0 Å². The molecule has 0 N–H and O–H groups in total. The molecule has 3 aromatic heterocycles. The molecule has 0 fully saturated rings. The molecule has 0 bridgehead atoms. The van der Waals surface area contributed by atoms with Gasteiger partial charge >= 0.3 is 7.12 Å². The molecule has 0 unspecified atom stereocenters. The van der Waals surface area contributed by atoms with Crippen LogP contribution in [-0.2, 0) is 0 Å². The van der Waals surface area contributed by atoms with Crippen molar-refractivity contribution in [2.45, 2.75) is 0 Å². The summed E-state index contributed by atoms with van der Waals surface area (Å²) in [7, 11) is -3.52. The molecule has 1 aliphatic carbocycles. The molecule has 0 saturated heterocycles. The quantitative estimate of drug-likeness (QED) is 0.122. The van der Waals surface area contributed by atoms with E-state index in [0.717, 1.165) is 72.4 Å². The fourth-order valence-corrected chi connectivity index (χ4v) is 19.2. The number of aromatic nitrogens is 4. The molecule has 3 aliphatic rings. The molecular weight excluding hydrogens is 950 g/mol. The first-order chi connectivity index (χ1) is 37.2. The second-order valence-electron chi connectivity index (χ2n) is 19.5. The van der Waals surface area contributed by atoms with Crippen LogP contribution in [0.15, 0.2) is 255 Å². The van der Waals surface area contributed by atoms with E-state index in [1.807, 2.05) is 0 Å². The van der Waals surface area contributed by atoms with Crippen LogP contribution in [-0.4, -0.2) is 34.5 Å². The molecule has 75 heavy (non-hydrogen) atoms. The number of anilines is 6. The maximum absolute atomic E-state index is 5.76. The number of thiazole rings is 1. The van der Waals surface area contributed by atoms with Crippen LogP contribution in [0.3, 0.4) is 0 Å². The lowest BCUT2D eigenvalue weighted by Crippen LogP contribution is -2.74. The van der Waals surface area contributed by atoms with Gasteiger partial charge in [0.15, 0.2) is 13.0 Å². The Morgan fingerprint density at radius 1 is 0.387 bits per heavy atom. The minimum absolute atomic E-state index is 0.379. The van der Waals surface area contributed by atoms with Gasteiger partial charge in [-0.05, 0) is 103 Å². The average molecular weight is 992 g/mol. The molecule has 2 aliphatic heterocycles. The topological polar surface area (TPSA) is 52.8 Å². The van der Waals surface area contributed by atoms with Crippen molar-refractivity contribution >= 4 is 108 Å². The molecule has 0 amide bonds. The van der Waals surface area contributed by atoms with Gasteiger partial charge in [-0.1, -0.05) is 205 Å². The van der Waals surface area contributed by atoms with Gasteiger partial charge in [-0.2, -0.15) is 0 Å². The minimum Gasteiger partial charge on any atom is -0.343 e. The van der Waals surface area contributed by atoms with E-state index in [1.165, 1.54) is 47.7 Å². The Kier molecular flexibility index (Phi) is 9.19. The summed E-state index contributed by atoms with van der Waals surface area (Å²) in [4.78, 5) is 24.7. The first-order valence-corrected chi connectivity index (χ1v) is 28.3. The van der Waals surface area contributed by atoms with Crippen LogP contribution in [0.25, 0.3) is 70.8 Å². The highest BCUT2D eigenvalue weighted by Gasteiger charge is 2.55. The molecule has 0 atom stereocenters. The zero-order chi connectivity index (χ0) is 49.2. The Bertz CT molecular complexity index is 4400. The largest absolute Gasteiger partial charge is 0.521 e. The lowest BCUT2D eigenvalue weighted by atomic mass is 9.83. The monoisotopic (exact) mass is 991 g/mol. The number of rotatable bonds is 6. The SMILES string of the molecule is c1ccc([Si](c2ccccc2)(c2cccc(N3B4N(c5ncc6c(n5)-c5ccccc5-c5ccccc5-c5ccccc5-6)c5ccccc5N4c4ccccc43)c2)c2cccc3c2sc2nc4ccccc4n23)cc1. The Morgan fingerprint density at radius 2 is 0.880 bits per heavy atom. The van der Waals surface area contributed by atoms with Gasteiger partial charge in [0.2, 0.25) is 5.95 Å². The molecule has 10 heteroatoms. The van der Waals surface area contributed by atoms with Gasteiger partial charge in [-0.25, -0.2) is 15.0 Å². The third kappa shape index (κ3) is 6.00. The molecule has 10 aromatic carbocycles. The number of fused-ring (bicyclic) bond motifs is 18. The molecule has 5 heterocycles. The Balaban J connectivity index is 0.927. The van der Waals surface area contributed by atoms with E-state index >= 15 is 0 Å². The predicted octanol–water partition coefficient (Wildman–Crippen LogP) is 13.3. The van der Waals surface area contributed by atoms with E-state index in [4.69, 9.17) is 15.0 Å². The Labute approximate surface area is 438 Å². The number of para-hydroxylation sites is 6. The third-order valence-corrected chi connectivity index (χ3v) is 21.8. The third-order valence-electron chi connectivity index (χ3n) is 15.7. The zero-order valence-corrected chi connectivity index (χ0v) is 42.2. The van der Waals surface area contributed by atoms with Gasteiger partial charge in [0, 0.05) is 23.0 Å². The van der Waals surface area contributed by atoms with Crippen molar-refractivity contribution in [3.8, 4) is 44.6 Å². The standard InChI is InChI=1S/C65H42BN7SSi/c1-3-22-44(23-4-1)75(45-24-5-2-6-25-45,61-40-20-39-60-63(61)74-65-68-54-33-13-14-34-55(54)70(60)65)46-26-19-21-43(41-46)71-56-35-15-16-36-57(56)72-58-37-17-18-38-59(58)73(66(71)72)64-67-42-53-51-31-10-9-29-49(51)47-27-7-8-28-48(47)50-30-11-12-32-52(50)62(53)69-64/h1-42H. The fourth-order valence-electron chi connectivity index (χ4n) is 12.7. The normalized spacial score (nSPS) is 13.2. The van der Waals surface area contributed by atoms with Gasteiger partial charge < -0.3 is 14.4 Å². The van der Waals surface area contributed by atoms with Gasteiger partial charge in [-0.15, -0.1) is 0 Å². The summed E-state index contributed by atoms with van der Waals surface area (Å²) in [5.74, 6) is 0.628. The zero-order valence-electron chi connectivity index (χ0n) is 40.4. The van der Waals surface area contributed by atoms with Gasteiger partial charge in [0.1, 0.15) is 0 Å². The van der Waals surface area contributed by atoms with Crippen LogP contribution in [0.4, 0.5) is 34.4 Å². The molecular formula is C65H42BN7SSi. The Hall–Kier alpha value is -9.35. The van der Waals surface area contributed by atoms with Crippen LogP contribution in [0, 0.1) is 0 Å². The second kappa shape index (κ2) is 16.3. The lowest BCUT2D eigenvalue weighted by Gasteiger charge is -2.36. The molecule has 0 radical (unpaired) electrons. The van der Waals surface area contributed by atoms with Crippen LogP contribution in [0.1, 0.15) is 0 Å². The number of imidazole rings is 1. The first-order valence-electron chi connectivity index (χ1n) is 25.5. The summed E-state index contributed by atoms with van der Waals surface area (Å²) >= 11 is 1.80. The maximum Gasteiger partial charge on any atom is 0.521 e. The highest BCUT2D eigenvalue weighted by Crippen LogP contribution is 2.56. The summed E-state index contributed by atoms with van der Waals surface area (Å²) in [5, 5.41) is 5.25. The summed E-state index contributed by atoms with van der Waals surface area (Å²) in [6.07, 6.45) is 2.06. The van der Waals surface area contributed by atoms with Crippen LogP contribution < -0.4 is 35.2 Å². The molecule has 13 aromatic rings. The number of nitrogens with zero attached hydrogens (tertiary/aromatic N) is 7. The van der Waals surface area contributed by atoms with Crippen LogP contribution in [0.2, 0.25) is 0 Å². The van der Waals surface area contributed by atoms with E-state index in [2.05, 4.69) is 274 Å². The predicted molar refractivity (Wildman–Crippen MR) is 314 cm³/mol. The van der Waals surface area contributed by atoms with Crippen molar-refractivity contribution in [3.63, 3.8) is 0 Å². The second-order valence-corrected chi connectivity index (χ2v) is 24.3. The Morgan fingerprint density at radius 3 is 1.53 bits per heavy atom. The van der Waals surface area contributed by atoms with E-state index < -0.39 is 8.07 Å². The summed E-state index contributed by atoms with van der Waals surface area (Å²) in [6.45, 7) is 0. The minimum atomic E-state index is -3.14. The summed E-state index contributed by atoms with van der Waals surface area (Å²) in [6, 6.07) is 91.1. The van der Waals surface area contributed by atoms with Gasteiger partial charge in [-0.3, -0.25) is 4.40 Å². The van der Waals surface area contributed by atoms with Crippen molar-refractivity contribution in [2.24, 2.45) is 0 Å². The van der Waals surface area contributed by atoms with Crippen molar-refractivity contribution in [3.05, 3.63) is 255 Å². The fraction of sp³-hybridized carbons (Fsp3) is 0. The van der Waals surface area contributed by atoms with E-state index in [-0.39, 0.29) is 7.12 Å². The lowest BCUT2D eigenvalue weighted by molar-refractivity contribution is 1.11. The number of hydrogen-bond acceptors (Lipinski definition) is 7. The first kappa shape index (κ1) is 42.2. The average Bonchev–Trinajstić information content (AvgIpc) is 4.34. The van der Waals surface area contributed by atoms with Gasteiger partial charge in [0.25, 0.3) is 0 Å². The molecule has 0 saturated carbocycles. The van der Waals surface area contributed by atoms with Crippen molar-refractivity contribution in [1.29, 1.82) is 0 Å². The van der Waals surface area contributed by atoms with E-state index in [1.54, 1.807) is 11.3 Å². The van der Waals surface area contributed by atoms with Crippen molar-refractivity contribution in [1.82, 2.24) is 19.4 Å². The van der Waals surface area contributed by atoms with Gasteiger partial charge in [0.05, 0.1) is 49.7 Å². The highest BCUT2D eigenvalue weighted by molar-refractivity contribution is 7.29.